The minimum absolute atomic E-state index is 0. The zero-order chi connectivity index (χ0) is 16.7. The molecule has 1 aliphatic heterocycles. The van der Waals surface area contributed by atoms with Crippen LogP contribution in [0.3, 0.4) is 0 Å². The van der Waals surface area contributed by atoms with Gasteiger partial charge in [0.2, 0.25) is 0 Å². The van der Waals surface area contributed by atoms with Gasteiger partial charge in [-0.3, -0.25) is 4.79 Å². The van der Waals surface area contributed by atoms with Crippen molar-refractivity contribution in [3.8, 4) is 0 Å². The Labute approximate surface area is 159 Å². The van der Waals surface area contributed by atoms with E-state index in [0.717, 1.165) is 44.0 Å². The van der Waals surface area contributed by atoms with Gasteiger partial charge in [0, 0.05) is 19.6 Å². The molecule has 0 saturated carbocycles. The van der Waals surface area contributed by atoms with Gasteiger partial charge in [-0.1, -0.05) is 12.1 Å². The molecule has 0 amide bonds. The first-order chi connectivity index (χ1) is 11.1. The number of nitrogens with zero attached hydrogens (tertiary/aromatic N) is 2. The van der Waals surface area contributed by atoms with Gasteiger partial charge in [-0.15, -0.1) is 24.0 Å². The van der Waals surface area contributed by atoms with Crippen LogP contribution < -0.4 is 5.32 Å². The fraction of sp³-hybridized carbons (Fsp3) is 0.529. The van der Waals surface area contributed by atoms with Crippen molar-refractivity contribution in [1.82, 2.24) is 10.2 Å². The number of aliphatic imine (C=N–C) groups is 1. The van der Waals surface area contributed by atoms with Gasteiger partial charge in [0.15, 0.2) is 5.96 Å². The van der Waals surface area contributed by atoms with Gasteiger partial charge in [-0.25, -0.2) is 9.38 Å². The highest BCUT2D eigenvalue weighted by Crippen LogP contribution is 2.18. The maximum absolute atomic E-state index is 12.9. The van der Waals surface area contributed by atoms with Gasteiger partial charge in [0.05, 0.1) is 19.6 Å². The van der Waals surface area contributed by atoms with Gasteiger partial charge < -0.3 is 15.0 Å². The molecule has 1 fully saturated rings. The quantitative estimate of drug-likeness (QED) is 0.333. The molecule has 134 valence electrons. The van der Waals surface area contributed by atoms with Gasteiger partial charge >= 0.3 is 5.97 Å². The number of benzene rings is 1. The lowest BCUT2D eigenvalue weighted by molar-refractivity contribution is -0.146. The van der Waals surface area contributed by atoms with Crippen LogP contribution in [-0.2, 0) is 16.1 Å². The Bertz CT molecular complexity index is 543. The molecule has 2 rings (SSSR count). The normalized spacial score (nSPS) is 15.6. The highest BCUT2D eigenvalue weighted by molar-refractivity contribution is 14.0. The Kier molecular flexibility index (Phi) is 9.02. The Hall–Kier alpha value is -1.38. The number of likely N-dealkylation sites (tertiary alicyclic amines) is 1. The topological polar surface area (TPSA) is 53.9 Å². The summed E-state index contributed by atoms with van der Waals surface area (Å²) in [6.07, 6.45) is 1.54. The Morgan fingerprint density at radius 1 is 1.33 bits per heavy atom. The van der Waals surface area contributed by atoms with Crippen molar-refractivity contribution in [3.63, 3.8) is 0 Å². The van der Waals surface area contributed by atoms with E-state index in [1.807, 2.05) is 6.92 Å². The number of ether oxygens (including phenoxy) is 1. The second-order valence-corrected chi connectivity index (χ2v) is 5.58. The fourth-order valence-corrected chi connectivity index (χ4v) is 2.68. The molecule has 1 saturated heterocycles. The average molecular weight is 449 g/mol. The van der Waals surface area contributed by atoms with E-state index < -0.39 is 0 Å². The highest BCUT2D eigenvalue weighted by atomic mass is 127. The van der Waals surface area contributed by atoms with E-state index in [0.29, 0.717) is 6.54 Å². The average Bonchev–Trinajstić information content (AvgIpc) is 2.59. The maximum Gasteiger partial charge on any atom is 0.308 e. The zero-order valence-corrected chi connectivity index (χ0v) is 16.5. The van der Waals surface area contributed by atoms with Crippen LogP contribution in [0.25, 0.3) is 0 Å². The monoisotopic (exact) mass is 449 g/mol. The number of rotatable bonds is 4. The molecule has 0 spiro atoms. The first-order valence-electron chi connectivity index (χ1n) is 7.99. The molecule has 0 aromatic heterocycles. The van der Waals surface area contributed by atoms with E-state index in [2.05, 4.69) is 15.2 Å². The van der Waals surface area contributed by atoms with E-state index in [1.165, 1.54) is 19.2 Å². The first kappa shape index (κ1) is 20.7. The number of nitrogens with one attached hydrogen (secondary N) is 1. The lowest BCUT2D eigenvalue weighted by Gasteiger charge is -2.33. The summed E-state index contributed by atoms with van der Waals surface area (Å²) in [7, 11) is 1.43. The predicted octanol–water partition coefficient (Wildman–Crippen LogP) is 2.79. The van der Waals surface area contributed by atoms with Crippen molar-refractivity contribution in [1.29, 1.82) is 0 Å². The van der Waals surface area contributed by atoms with Crippen LogP contribution >= 0.6 is 24.0 Å². The van der Waals surface area contributed by atoms with Crippen LogP contribution in [0, 0.1) is 11.7 Å². The molecule has 1 N–H and O–H groups in total. The third-order valence-corrected chi connectivity index (χ3v) is 3.99. The number of methoxy groups -OCH3 is 1. The van der Waals surface area contributed by atoms with Gasteiger partial charge in [-0.2, -0.15) is 0 Å². The molecule has 0 unspecified atom stereocenters. The van der Waals surface area contributed by atoms with Gasteiger partial charge in [-0.05, 0) is 37.5 Å². The standard InChI is InChI=1S/C17H24FN3O2.HI/c1-3-19-17(20-12-13-4-6-15(18)7-5-13)21-10-8-14(9-11-21)16(22)23-2;/h4-7,14H,3,8-12H2,1-2H3,(H,19,20);1H. The minimum Gasteiger partial charge on any atom is -0.469 e. The van der Waals surface area contributed by atoms with Crippen LogP contribution in [0.5, 0.6) is 0 Å². The van der Waals surface area contributed by atoms with Gasteiger partial charge in [0.25, 0.3) is 0 Å². The summed E-state index contributed by atoms with van der Waals surface area (Å²) in [5, 5.41) is 3.28. The molecule has 1 aliphatic rings. The number of guanidine groups is 1. The van der Waals surface area contributed by atoms with E-state index in [1.54, 1.807) is 12.1 Å². The fourth-order valence-electron chi connectivity index (χ4n) is 2.68. The molecule has 0 bridgehead atoms. The van der Waals surface area contributed by atoms with E-state index >= 15 is 0 Å². The third-order valence-electron chi connectivity index (χ3n) is 3.99. The Morgan fingerprint density at radius 3 is 2.50 bits per heavy atom. The summed E-state index contributed by atoms with van der Waals surface area (Å²) >= 11 is 0. The largest absolute Gasteiger partial charge is 0.469 e. The molecule has 0 atom stereocenters. The molecule has 0 radical (unpaired) electrons. The summed E-state index contributed by atoms with van der Waals surface area (Å²) in [4.78, 5) is 18.4. The molecule has 1 aromatic carbocycles. The number of esters is 1. The van der Waals surface area contributed by atoms with Crippen molar-refractivity contribution in [3.05, 3.63) is 35.6 Å². The maximum atomic E-state index is 12.9. The van der Waals surface area contributed by atoms with Crippen LogP contribution in [0.15, 0.2) is 29.3 Å². The van der Waals surface area contributed by atoms with Crippen LogP contribution in [0.1, 0.15) is 25.3 Å². The first-order valence-corrected chi connectivity index (χ1v) is 7.99. The zero-order valence-electron chi connectivity index (χ0n) is 14.1. The highest BCUT2D eigenvalue weighted by Gasteiger charge is 2.26. The van der Waals surface area contributed by atoms with Crippen molar-refractivity contribution >= 4 is 35.9 Å². The minimum atomic E-state index is -0.241. The smallest absolute Gasteiger partial charge is 0.308 e. The summed E-state index contributed by atoms with van der Waals surface area (Å²) in [6.45, 7) is 4.84. The third kappa shape index (κ3) is 5.92. The number of halogens is 2. The Balaban J connectivity index is 0.00000288. The molecular weight excluding hydrogens is 424 g/mol. The van der Waals surface area contributed by atoms with E-state index in [4.69, 9.17) is 4.74 Å². The summed E-state index contributed by atoms with van der Waals surface area (Å²) in [5.74, 6) is 0.448. The van der Waals surface area contributed by atoms with Crippen molar-refractivity contribution in [2.75, 3.05) is 26.7 Å². The number of hydrogen-bond acceptors (Lipinski definition) is 3. The van der Waals surface area contributed by atoms with Crippen LogP contribution in [-0.4, -0.2) is 43.6 Å². The van der Waals surface area contributed by atoms with Crippen LogP contribution in [0.4, 0.5) is 4.39 Å². The summed E-state index contributed by atoms with van der Waals surface area (Å²) < 4.78 is 17.7. The molecule has 1 aromatic rings. The molecular formula is C17H25FIN3O2. The molecule has 0 aliphatic carbocycles. The molecule has 7 heteroatoms. The van der Waals surface area contributed by atoms with E-state index in [9.17, 15) is 9.18 Å². The number of piperidine rings is 1. The number of carbonyl (C=O) groups is 1. The van der Waals surface area contributed by atoms with Crippen LogP contribution in [0.2, 0.25) is 0 Å². The SMILES string of the molecule is CCNC(=NCc1ccc(F)cc1)N1CCC(C(=O)OC)CC1.I. The molecule has 24 heavy (non-hydrogen) atoms. The van der Waals surface area contributed by atoms with Crippen molar-refractivity contribution < 1.29 is 13.9 Å². The van der Waals surface area contributed by atoms with Gasteiger partial charge in [0.1, 0.15) is 5.82 Å². The predicted molar refractivity (Wildman–Crippen MR) is 103 cm³/mol. The number of hydrogen-bond donors (Lipinski definition) is 1. The molecule has 5 nitrogen and oxygen atoms in total. The lowest BCUT2D eigenvalue weighted by Crippen LogP contribution is -2.46. The second-order valence-electron chi connectivity index (χ2n) is 5.58. The summed E-state index contributed by atoms with van der Waals surface area (Å²) in [6, 6.07) is 6.37. The lowest BCUT2D eigenvalue weighted by atomic mass is 9.97. The van der Waals surface area contributed by atoms with Crippen molar-refractivity contribution in [2.24, 2.45) is 10.9 Å². The molecule has 1 heterocycles. The Morgan fingerprint density at radius 2 is 1.96 bits per heavy atom. The summed E-state index contributed by atoms with van der Waals surface area (Å²) in [5.41, 5.74) is 0.964. The van der Waals surface area contributed by atoms with E-state index in [-0.39, 0.29) is 41.7 Å². The second kappa shape index (κ2) is 10.5. The number of carbonyl (C=O) groups excluding carboxylic acids is 1. The van der Waals surface area contributed by atoms with Crippen molar-refractivity contribution in [2.45, 2.75) is 26.3 Å².